The number of benzene rings is 2. The molecule has 18 heavy (non-hydrogen) atoms. The average molecular weight is 252 g/mol. The molecule has 0 spiro atoms. The van der Waals surface area contributed by atoms with Gasteiger partial charge in [-0.2, -0.15) is 4.57 Å². The van der Waals surface area contributed by atoms with Gasteiger partial charge in [-0.15, -0.1) is 12.6 Å². The van der Waals surface area contributed by atoms with Crippen LogP contribution in [0.1, 0.15) is 5.56 Å². The normalized spacial score (nSPS) is 10.7. The number of nitrogens with zero attached hydrogens (tertiary/aromatic N) is 1. The first kappa shape index (κ1) is 11.3. The number of fused-ring (bicyclic) bond motifs is 1. The van der Waals surface area contributed by atoms with Gasteiger partial charge in [0.1, 0.15) is 0 Å². The summed E-state index contributed by atoms with van der Waals surface area (Å²) < 4.78 is 2.27. The van der Waals surface area contributed by atoms with Gasteiger partial charge in [-0.1, -0.05) is 24.3 Å². The van der Waals surface area contributed by atoms with Gasteiger partial charge in [0, 0.05) is 28.0 Å². The van der Waals surface area contributed by atoms with Crippen molar-refractivity contribution in [1.29, 1.82) is 0 Å². The van der Waals surface area contributed by atoms with Gasteiger partial charge in [-0.05, 0) is 24.3 Å². The summed E-state index contributed by atoms with van der Waals surface area (Å²) in [7, 11) is 0. The van der Waals surface area contributed by atoms with Crippen molar-refractivity contribution in [2.45, 2.75) is 11.4 Å². The second kappa shape index (κ2) is 4.83. The number of aromatic nitrogens is 1. The molecule has 3 rings (SSSR count). The number of para-hydroxylation sites is 1. The van der Waals surface area contributed by atoms with Crippen molar-refractivity contribution in [3.63, 3.8) is 0 Å². The zero-order chi connectivity index (χ0) is 12.4. The Morgan fingerprint density at radius 1 is 0.833 bits per heavy atom. The van der Waals surface area contributed by atoms with Crippen molar-refractivity contribution in [2.75, 3.05) is 0 Å². The van der Waals surface area contributed by atoms with Gasteiger partial charge in [0.15, 0.2) is 12.7 Å². The first-order valence-electron chi connectivity index (χ1n) is 5.98. The van der Waals surface area contributed by atoms with Gasteiger partial charge in [-0.3, -0.25) is 0 Å². The Kier molecular flexibility index (Phi) is 3.03. The van der Waals surface area contributed by atoms with E-state index in [0.29, 0.717) is 0 Å². The quantitative estimate of drug-likeness (QED) is 0.526. The number of hydrogen-bond donors (Lipinski definition) is 1. The molecule has 0 bridgehead atoms. The molecule has 0 N–H and O–H groups in total. The van der Waals surface area contributed by atoms with Crippen molar-refractivity contribution in [2.24, 2.45) is 0 Å². The number of thiol groups is 1. The first-order chi connectivity index (χ1) is 8.83. The lowest BCUT2D eigenvalue weighted by Crippen LogP contribution is -2.34. The third-order valence-electron chi connectivity index (χ3n) is 3.08. The van der Waals surface area contributed by atoms with Crippen molar-refractivity contribution < 1.29 is 4.57 Å². The molecule has 1 heterocycles. The topological polar surface area (TPSA) is 3.88 Å². The lowest BCUT2D eigenvalue weighted by atomic mass is 10.2. The molecule has 1 nitrogen and oxygen atoms in total. The molecule has 1 aromatic heterocycles. The van der Waals surface area contributed by atoms with E-state index in [0.717, 1.165) is 11.4 Å². The minimum Gasteiger partial charge on any atom is -0.194 e. The van der Waals surface area contributed by atoms with Crippen molar-refractivity contribution >= 4 is 23.5 Å². The summed E-state index contributed by atoms with van der Waals surface area (Å²) in [5, 5.41) is 1.27. The minimum absolute atomic E-state index is 0.884. The summed E-state index contributed by atoms with van der Waals surface area (Å²) in [5.41, 5.74) is 2.55. The molecule has 0 saturated carbocycles. The Labute approximate surface area is 112 Å². The molecular weight excluding hydrogens is 238 g/mol. The Hall–Kier alpha value is -1.80. The SMILES string of the molecule is Sc1ccc(C[n+]2cccc3ccccc32)cc1. The molecular formula is C16H14NS+. The summed E-state index contributed by atoms with van der Waals surface area (Å²) in [4.78, 5) is 1.00. The van der Waals surface area contributed by atoms with Crippen LogP contribution >= 0.6 is 12.6 Å². The predicted octanol–water partition coefficient (Wildman–Crippen LogP) is 3.46. The highest BCUT2D eigenvalue weighted by Crippen LogP contribution is 2.10. The van der Waals surface area contributed by atoms with Crippen molar-refractivity contribution in [3.05, 3.63) is 72.4 Å². The lowest BCUT2D eigenvalue weighted by Gasteiger charge is -2.02. The molecule has 0 aliphatic heterocycles. The maximum atomic E-state index is 4.31. The van der Waals surface area contributed by atoms with E-state index in [2.05, 4.69) is 71.9 Å². The van der Waals surface area contributed by atoms with E-state index < -0.39 is 0 Å². The summed E-state index contributed by atoms with van der Waals surface area (Å²) in [5.74, 6) is 0. The molecule has 88 valence electrons. The molecule has 0 fully saturated rings. The van der Waals surface area contributed by atoms with Crippen LogP contribution in [0.25, 0.3) is 10.9 Å². The van der Waals surface area contributed by atoms with Gasteiger partial charge in [-0.25, -0.2) is 0 Å². The van der Waals surface area contributed by atoms with Gasteiger partial charge >= 0.3 is 0 Å². The Morgan fingerprint density at radius 2 is 1.56 bits per heavy atom. The molecule has 0 amide bonds. The first-order valence-corrected chi connectivity index (χ1v) is 6.43. The highest BCUT2D eigenvalue weighted by Gasteiger charge is 2.07. The standard InChI is InChI=1S/C16H13NS/c18-15-9-7-13(8-10-15)12-17-11-3-5-14-4-1-2-6-16(14)17/h1-11H,12H2/p+1. The Morgan fingerprint density at radius 3 is 2.39 bits per heavy atom. The molecule has 0 unspecified atom stereocenters. The fraction of sp³-hybridized carbons (Fsp3) is 0.0625. The Balaban J connectivity index is 2.02. The van der Waals surface area contributed by atoms with E-state index in [9.17, 15) is 0 Å². The predicted molar refractivity (Wildman–Crippen MR) is 76.9 cm³/mol. The highest BCUT2D eigenvalue weighted by atomic mass is 32.1. The molecule has 3 aromatic rings. The van der Waals surface area contributed by atoms with E-state index in [-0.39, 0.29) is 0 Å². The van der Waals surface area contributed by atoms with Crippen LogP contribution in [-0.2, 0) is 6.54 Å². The van der Waals surface area contributed by atoms with Crippen LogP contribution in [0.15, 0.2) is 71.8 Å². The fourth-order valence-electron chi connectivity index (χ4n) is 2.16. The van der Waals surface area contributed by atoms with Crippen LogP contribution in [-0.4, -0.2) is 0 Å². The van der Waals surface area contributed by atoms with Gasteiger partial charge < -0.3 is 0 Å². The van der Waals surface area contributed by atoms with Crippen LogP contribution in [0.3, 0.4) is 0 Å². The van der Waals surface area contributed by atoms with Gasteiger partial charge in [0.25, 0.3) is 0 Å². The average Bonchev–Trinajstić information content (AvgIpc) is 2.42. The minimum atomic E-state index is 0.884. The van der Waals surface area contributed by atoms with Crippen molar-refractivity contribution in [1.82, 2.24) is 0 Å². The number of rotatable bonds is 2. The zero-order valence-corrected chi connectivity index (χ0v) is 10.8. The fourth-order valence-corrected chi connectivity index (χ4v) is 2.31. The van der Waals surface area contributed by atoms with Crippen molar-refractivity contribution in [3.8, 4) is 0 Å². The summed E-state index contributed by atoms with van der Waals surface area (Å²) in [6.45, 7) is 0.884. The van der Waals surface area contributed by atoms with E-state index >= 15 is 0 Å². The van der Waals surface area contributed by atoms with Crippen LogP contribution in [0.5, 0.6) is 0 Å². The van der Waals surface area contributed by atoms with E-state index in [1.54, 1.807) is 0 Å². The second-order valence-corrected chi connectivity index (χ2v) is 4.88. The summed E-state index contributed by atoms with van der Waals surface area (Å²) in [6.07, 6.45) is 2.12. The number of hydrogen-bond acceptors (Lipinski definition) is 1. The number of pyridine rings is 1. The van der Waals surface area contributed by atoms with E-state index in [1.165, 1.54) is 16.5 Å². The second-order valence-electron chi connectivity index (χ2n) is 4.36. The van der Waals surface area contributed by atoms with Crippen LogP contribution < -0.4 is 4.57 Å². The molecule has 0 saturated heterocycles. The van der Waals surface area contributed by atoms with E-state index in [1.807, 2.05) is 12.1 Å². The third kappa shape index (κ3) is 2.24. The highest BCUT2D eigenvalue weighted by molar-refractivity contribution is 7.80. The lowest BCUT2D eigenvalue weighted by molar-refractivity contribution is -0.662. The maximum Gasteiger partial charge on any atom is 0.212 e. The van der Waals surface area contributed by atoms with Crippen LogP contribution in [0.4, 0.5) is 0 Å². The molecule has 0 radical (unpaired) electrons. The molecule has 2 aromatic carbocycles. The molecule has 2 heteroatoms. The maximum absolute atomic E-state index is 4.31. The monoisotopic (exact) mass is 252 g/mol. The third-order valence-corrected chi connectivity index (χ3v) is 3.38. The van der Waals surface area contributed by atoms with E-state index in [4.69, 9.17) is 0 Å². The van der Waals surface area contributed by atoms with Gasteiger partial charge in [0.2, 0.25) is 5.52 Å². The molecule has 0 aliphatic carbocycles. The van der Waals surface area contributed by atoms with Gasteiger partial charge in [0.05, 0.1) is 0 Å². The molecule has 0 atom stereocenters. The molecule has 0 aliphatic rings. The zero-order valence-electron chi connectivity index (χ0n) is 9.95. The smallest absolute Gasteiger partial charge is 0.194 e. The largest absolute Gasteiger partial charge is 0.212 e. The Bertz CT molecular complexity index is 669. The summed E-state index contributed by atoms with van der Waals surface area (Å²) in [6, 6.07) is 21.0. The van der Waals surface area contributed by atoms with Crippen LogP contribution in [0.2, 0.25) is 0 Å². The van der Waals surface area contributed by atoms with Crippen LogP contribution in [0, 0.1) is 0 Å². The summed E-state index contributed by atoms with van der Waals surface area (Å²) >= 11 is 4.31.